The van der Waals surface area contributed by atoms with E-state index >= 15 is 0 Å². The Balaban J connectivity index is 1.98. The minimum Gasteiger partial charge on any atom is -0.507 e. The second-order valence-corrected chi connectivity index (χ2v) is 7.71. The van der Waals surface area contributed by atoms with Crippen LogP contribution in [0.25, 0.3) is 5.76 Å². The predicted molar refractivity (Wildman–Crippen MR) is 120 cm³/mol. The number of hydrogen-bond acceptors (Lipinski definition) is 4. The van der Waals surface area contributed by atoms with Crippen LogP contribution < -0.4 is 9.64 Å². The number of Topliss-reactive ketones (excluding diaryl/α,β-unsaturated/α-hetero) is 1. The lowest BCUT2D eigenvalue weighted by molar-refractivity contribution is -0.132. The maximum atomic E-state index is 14.9. The summed E-state index contributed by atoms with van der Waals surface area (Å²) in [4.78, 5) is 27.5. The molecule has 1 atom stereocenters. The monoisotopic (exact) mass is 431 g/mol. The minimum atomic E-state index is -1.11. The van der Waals surface area contributed by atoms with Gasteiger partial charge in [-0.15, -0.1) is 0 Å². The molecule has 32 heavy (non-hydrogen) atoms. The first kappa shape index (κ1) is 21.3. The van der Waals surface area contributed by atoms with Crippen LogP contribution in [0.3, 0.4) is 0 Å². The fourth-order valence-electron chi connectivity index (χ4n) is 4.04. The van der Waals surface area contributed by atoms with Gasteiger partial charge < -0.3 is 9.84 Å². The molecule has 1 N–H and O–H groups in total. The van der Waals surface area contributed by atoms with Gasteiger partial charge in [0, 0.05) is 16.8 Å². The van der Waals surface area contributed by atoms with Crippen LogP contribution in [0.2, 0.25) is 0 Å². The Hall–Kier alpha value is -3.93. The van der Waals surface area contributed by atoms with Crippen molar-refractivity contribution in [1.82, 2.24) is 0 Å². The van der Waals surface area contributed by atoms with Crippen LogP contribution in [0.15, 0.2) is 72.3 Å². The molecule has 0 aliphatic carbocycles. The highest BCUT2D eigenvalue weighted by Crippen LogP contribution is 2.43. The van der Waals surface area contributed by atoms with E-state index in [2.05, 4.69) is 0 Å². The number of carbonyl (C=O) groups excluding carboxylic acids is 2. The molecule has 1 amide bonds. The van der Waals surface area contributed by atoms with E-state index < -0.39 is 23.5 Å². The Morgan fingerprint density at radius 1 is 1.00 bits per heavy atom. The molecule has 3 aromatic carbocycles. The van der Waals surface area contributed by atoms with Crippen LogP contribution in [0.5, 0.6) is 5.75 Å². The van der Waals surface area contributed by atoms with Crippen molar-refractivity contribution >= 4 is 23.1 Å². The summed E-state index contributed by atoms with van der Waals surface area (Å²) >= 11 is 0. The number of methoxy groups -OCH3 is 1. The molecule has 0 radical (unpaired) electrons. The first-order valence-corrected chi connectivity index (χ1v) is 10.1. The molecule has 1 unspecified atom stereocenters. The van der Waals surface area contributed by atoms with Crippen molar-refractivity contribution in [2.75, 3.05) is 12.0 Å². The molecule has 0 saturated carbocycles. The number of ketones is 1. The summed E-state index contributed by atoms with van der Waals surface area (Å²) in [5.74, 6) is -2.03. The Kier molecular flexibility index (Phi) is 5.53. The number of hydrogen-bond donors (Lipinski definition) is 1. The third kappa shape index (κ3) is 3.54. The van der Waals surface area contributed by atoms with Gasteiger partial charge in [-0.25, -0.2) is 4.39 Å². The maximum Gasteiger partial charge on any atom is 0.300 e. The number of rotatable bonds is 4. The van der Waals surface area contributed by atoms with Gasteiger partial charge in [0.25, 0.3) is 11.7 Å². The second kappa shape index (κ2) is 8.30. The zero-order chi connectivity index (χ0) is 23.0. The number of carbonyl (C=O) groups is 2. The number of ether oxygens (including phenoxy) is 1. The molecule has 1 fully saturated rings. The summed E-state index contributed by atoms with van der Waals surface area (Å²) in [7, 11) is 1.53. The topological polar surface area (TPSA) is 66.8 Å². The van der Waals surface area contributed by atoms with E-state index in [-0.39, 0.29) is 16.9 Å². The van der Waals surface area contributed by atoms with Gasteiger partial charge in [0.1, 0.15) is 17.3 Å². The molecular weight excluding hydrogens is 409 g/mol. The summed E-state index contributed by atoms with van der Waals surface area (Å²) in [5, 5.41) is 11.2. The molecule has 1 heterocycles. The van der Waals surface area contributed by atoms with E-state index in [0.29, 0.717) is 22.6 Å². The van der Waals surface area contributed by atoms with E-state index in [4.69, 9.17) is 4.74 Å². The summed E-state index contributed by atoms with van der Waals surface area (Å²) in [6.07, 6.45) is 0. The van der Waals surface area contributed by atoms with Crippen molar-refractivity contribution < 1.29 is 23.8 Å². The normalized spacial score (nSPS) is 17.6. The lowest BCUT2D eigenvalue weighted by atomic mass is 9.93. The molecule has 1 aliphatic heterocycles. The van der Waals surface area contributed by atoms with Gasteiger partial charge in [-0.05, 0) is 61.4 Å². The number of benzene rings is 3. The van der Waals surface area contributed by atoms with Crippen LogP contribution in [0.4, 0.5) is 10.1 Å². The zero-order valence-electron chi connectivity index (χ0n) is 17.9. The number of aliphatic hydroxyl groups excluding tert-OH is 1. The van der Waals surface area contributed by atoms with E-state index in [1.165, 1.54) is 30.2 Å². The van der Waals surface area contributed by atoms with Crippen LogP contribution in [0.1, 0.15) is 28.3 Å². The first-order chi connectivity index (χ1) is 15.3. The number of nitrogens with zero attached hydrogens (tertiary/aromatic N) is 1. The number of anilines is 1. The highest BCUT2D eigenvalue weighted by Gasteiger charge is 2.47. The van der Waals surface area contributed by atoms with Gasteiger partial charge in [-0.2, -0.15) is 0 Å². The summed E-state index contributed by atoms with van der Waals surface area (Å²) in [5.41, 5.74) is 2.31. The summed E-state index contributed by atoms with van der Waals surface area (Å²) in [6.45, 7) is 3.62. The summed E-state index contributed by atoms with van der Waals surface area (Å²) < 4.78 is 20.1. The molecule has 162 valence electrons. The van der Waals surface area contributed by atoms with Gasteiger partial charge >= 0.3 is 0 Å². The van der Waals surface area contributed by atoms with Gasteiger partial charge in [-0.3, -0.25) is 14.5 Å². The van der Waals surface area contributed by atoms with Crippen molar-refractivity contribution in [2.45, 2.75) is 19.9 Å². The minimum absolute atomic E-state index is 0.126. The van der Waals surface area contributed by atoms with Crippen molar-refractivity contribution in [3.05, 3.63) is 100 Å². The Morgan fingerprint density at radius 2 is 1.75 bits per heavy atom. The van der Waals surface area contributed by atoms with Gasteiger partial charge in [0.2, 0.25) is 0 Å². The van der Waals surface area contributed by atoms with Gasteiger partial charge in [0.15, 0.2) is 0 Å². The van der Waals surface area contributed by atoms with Crippen molar-refractivity contribution in [3.8, 4) is 5.75 Å². The highest BCUT2D eigenvalue weighted by molar-refractivity contribution is 6.51. The molecule has 3 aromatic rings. The quantitative estimate of drug-likeness (QED) is 0.356. The van der Waals surface area contributed by atoms with Crippen LogP contribution in [-0.2, 0) is 9.59 Å². The van der Waals surface area contributed by atoms with Gasteiger partial charge in [0.05, 0.1) is 18.7 Å². The number of aliphatic hydroxyl groups is 1. The van der Waals surface area contributed by atoms with E-state index in [1.807, 2.05) is 13.0 Å². The molecular formula is C26H22FNO4. The van der Waals surface area contributed by atoms with Crippen LogP contribution in [-0.4, -0.2) is 23.9 Å². The average Bonchev–Trinajstić information content (AvgIpc) is 3.04. The van der Waals surface area contributed by atoms with Crippen molar-refractivity contribution in [2.24, 2.45) is 0 Å². The molecule has 0 aromatic heterocycles. The first-order valence-electron chi connectivity index (χ1n) is 10.1. The standard InChI is InChI=1S/C26H22FNO4/c1-15-7-6-8-17(13-15)28-23(20-9-4-5-10-21(20)27)22(25(30)26(28)31)24(29)19-12-11-18(32-3)14-16(19)2/h4-14,23,29H,1-3H3/b24-22+. The molecule has 0 bridgehead atoms. The smallest absolute Gasteiger partial charge is 0.300 e. The Bertz CT molecular complexity index is 1260. The fourth-order valence-corrected chi connectivity index (χ4v) is 4.04. The average molecular weight is 431 g/mol. The van der Waals surface area contributed by atoms with Gasteiger partial charge in [-0.1, -0.05) is 30.3 Å². The van der Waals surface area contributed by atoms with Crippen molar-refractivity contribution in [3.63, 3.8) is 0 Å². The number of amides is 1. The Morgan fingerprint density at radius 3 is 2.41 bits per heavy atom. The SMILES string of the molecule is COc1ccc(/C(O)=C2\C(=O)C(=O)N(c3cccc(C)c3)C2c2ccccc2F)c(C)c1. The lowest BCUT2D eigenvalue weighted by Crippen LogP contribution is -2.29. The number of halogens is 1. The van der Waals surface area contributed by atoms with E-state index in [1.54, 1.807) is 49.4 Å². The molecule has 4 rings (SSSR count). The number of aryl methyl sites for hydroxylation is 2. The molecule has 5 nitrogen and oxygen atoms in total. The predicted octanol–water partition coefficient (Wildman–Crippen LogP) is 5.08. The largest absolute Gasteiger partial charge is 0.507 e. The Labute approximate surface area is 185 Å². The third-order valence-electron chi connectivity index (χ3n) is 5.61. The fraction of sp³-hybridized carbons (Fsp3) is 0.154. The molecule has 1 saturated heterocycles. The lowest BCUT2D eigenvalue weighted by Gasteiger charge is -2.26. The molecule has 0 spiro atoms. The molecule has 1 aliphatic rings. The highest BCUT2D eigenvalue weighted by atomic mass is 19.1. The van der Waals surface area contributed by atoms with Crippen LogP contribution in [0, 0.1) is 19.7 Å². The summed E-state index contributed by atoms with van der Waals surface area (Å²) in [6, 6.07) is 16.9. The van der Waals surface area contributed by atoms with E-state index in [0.717, 1.165) is 5.56 Å². The van der Waals surface area contributed by atoms with Crippen LogP contribution >= 0.6 is 0 Å². The van der Waals surface area contributed by atoms with Crippen molar-refractivity contribution in [1.29, 1.82) is 0 Å². The second-order valence-electron chi connectivity index (χ2n) is 7.71. The zero-order valence-corrected chi connectivity index (χ0v) is 17.9. The molecule has 6 heteroatoms. The van der Waals surface area contributed by atoms with E-state index in [9.17, 15) is 19.1 Å². The third-order valence-corrected chi connectivity index (χ3v) is 5.61. The maximum absolute atomic E-state index is 14.9.